The van der Waals surface area contributed by atoms with Gasteiger partial charge in [0.05, 0.1) is 4.92 Å². The van der Waals surface area contributed by atoms with Gasteiger partial charge < -0.3 is 0 Å². The van der Waals surface area contributed by atoms with Gasteiger partial charge in [-0.2, -0.15) is 0 Å². The number of carbonyl (C=O) groups is 1. The van der Waals surface area contributed by atoms with Crippen LogP contribution in [-0.4, -0.2) is 10.7 Å². The molecule has 0 spiro atoms. The van der Waals surface area contributed by atoms with Gasteiger partial charge in [0.25, 0.3) is 5.69 Å². The summed E-state index contributed by atoms with van der Waals surface area (Å²) in [6.45, 7) is 0. The third kappa shape index (κ3) is 3.37. The van der Waals surface area contributed by atoms with Gasteiger partial charge in [-0.15, -0.1) is 0 Å². The number of hydrogen-bond acceptors (Lipinski definition) is 3. The minimum absolute atomic E-state index is 0.00272. The van der Waals surface area contributed by atoms with Crippen LogP contribution in [0.3, 0.4) is 0 Å². The Morgan fingerprint density at radius 2 is 1.87 bits per heavy atom. The molecule has 1 atom stereocenters. The highest BCUT2D eigenvalue weighted by Gasteiger charge is 2.24. The Morgan fingerprint density at radius 3 is 2.52 bits per heavy atom. The lowest BCUT2D eigenvalue weighted by molar-refractivity contribution is -0.384. The summed E-state index contributed by atoms with van der Waals surface area (Å²) >= 11 is 0. The van der Waals surface area contributed by atoms with Gasteiger partial charge in [0.15, 0.2) is 5.78 Å². The number of rotatable bonds is 4. The van der Waals surface area contributed by atoms with Crippen LogP contribution in [0.4, 0.5) is 5.69 Å². The Kier molecular flexibility index (Phi) is 4.33. The Hall–Kier alpha value is -2.75. The molecule has 1 unspecified atom stereocenters. The van der Waals surface area contributed by atoms with Crippen molar-refractivity contribution in [1.29, 1.82) is 0 Å². The summed E-state index contributed by atoms with van der Waals surface area (Å²) in [6.07, 6.45) is 4.45. The van der Waals surface area contributed by atoms with E-state index in [2.05, 4.69) is 18.2 Å². The Bertz CT molecular complexity index is 765. The van der Waals surface area contributed by atoms with E-state index in [-0.39, 0.29) is 17.4 Å². The molecule has 0 aromatic heterocycles. The standard InChI is InChI=1S/C19H17NO3/c21-19(17-7-4-8-18(13-17)20(22)23)16-11-9-15(10-12-16)14-5-2-1-3-6-14/h1-9,13,16H,10-12H2. The Morgan fingerprint density at radius 1 is 1.09 bits per heavy atom. The van der Waals surface area contributed by atoms with Crippen molar-refractivity contribution in [2.75, 3.05) is 0 Å². The number of hydrogen-bond donors (Lipinski definition) is 0. The van der Waals surface area contributed by atoms with E-state index in [4.69, 9.17) is 0 Å². The lowest BCUT2D eigenvalue weighted by atomic mass is 9.82. The molecule has 0 bridgehead atoms. The number of nitro groups is 1. The molecule has 0 amide bonds. The summed E-state index contributed by atoms with van der Waals surface area (Å²) in [5, 5.41) is 10.8. The molecule has 0 saturated heterocycles. The van der Waals surface area contributed by atoms with Crippen LogP contribution in [0, 0.1) is 16.0 Å². The number of Topliss-reactive ketones (excluding diaryl/α,β-unsaturated/α-hetero) is 1. The van der Waals surface area contributed by atoms with Crippen molar-refractivity contribution in [2.45, 2.75) is 19.3 Å². The second kappa shape index (κ2) is 6.57. The van der Waals surface area contributed by atoms with E-state index >= 15 is 0 Å². The lowest BCUT2D eigenvalue weighted by Gasteiger charge is -2.21. The first-order valence-corrected chi connectivity index (χ1v) is 7.68. The van der Waals surface area contributed by atoms with Crippen LogP contribution in [0.15, 0.2) is 60.7 Å². The summed E-state index contributed by atoms with van der Waals surface area (Å²) in [4.78, 5) is 22.9. The molecular formula is C19H17NO3. The zero-order valence-corrected chi connectivity index (χ0v) is 12.6. The highest BCUT2D eigenvalue weighted by molar-refractivity contribution is 5.98. The van der Waals surface area contributed by atoms with Crippen LogP contribution in [0.5, 0.6) is 0 Å². The number of non-ortho nitro benzene ring substituents is 1. The molecule has 3 rings (SSSR count). The van der Waals surface area contributed by atoms with Crippen molar-refractivity contribution < 1.29 is 9.72 Å². The average Bonchev–Trinajstić information content (AvgIpc) is 2.62. The third-order valence-corrected chi connectivity index (χ3v) is 4.27. The summed E-state index contributed by atoms with van der Waals surface area (Å²) in [5.74, 6) is -0.0958. The largest absolute Gasteiger partial charge is 0.294 e. The molecule has 0 N–H and O–H groups in total. The summed E-state index contributed by atoms with van der Waals surface area (Å²) < 4.78 is 0. The zero-order chi connectivity index (χ0) is 16.2. The van der Waals surface area contributed by atoms with Gasteiger partial charge in [0.2, 0.25) is 0 Å². The van der Waals surface area contributed by atoms with Crippen molar-refractivity contribution in [3.05, 3.63) is 81.9 Å². The fourth-order valence-electron chi connectivity index (χ4n) is 3.00. The van der Waals surface area contributed by atoms with Crippen LogP contribution in [0.25, 0.3) is 5.57 Å². The molecule has 4 nitrogen and oxygen atoms in total. The molecular weight excluding hydrogens is 290 g/mol. The zero-order valence-electron chi connectivity index (χ0n) is 12.6. The number of ketones is 1. The normalized spacial score (nSPS) is 17.4. The van der Waals surface area contributed by atoms with Gasteiger partial charge in [-0.1, -0.05) is 48.5 Å². The summed E-state index contributed by atoms with van der Waals surface area (Å²) in [6, 6.07) is 16.2. The third-order valence-electron chi connectivity index (χ3n) is 4.27. The molecule has 4 heteroatoms. The van der Waals surface area contributed by atoms with Crippen molar-refractivity contribution >= 4 is 17.0 Å². The first-order valence-electron chi connectivity index (χ1n) is 7.68. The van der Waals surface area contributed by atoms with Crippen molar-refractivity contribution in [1.82, 2.24) is 0 Å². The van der Waals surface area contributed by atoms with Crippen molar-refractivity contribution in [3.63, 3.8) is 0 Å². The van der Waals surface area contributed by atoms with E-state index in [1.807, 2.05) is 18.2 Å². The smallest absolute Gasteiger partial charge is 0.270 e. The molecule has 116 valence electrons. The van der Waals surface area contributed by atoms with E-state index in [0.717, 1.165) is 12.8 Å². The van der Waals surface area contributed by atoms with Gasteiger partial charge >= 0.3 is 0 Å². The first-order chi connectivity index (χ1) is 11.1. The lowest BCUT2D eigenvalue weighted by Crippen LogP contribution is -2.17. The van der Waals surface area contributed by atoms with E-state index in [1.165, 1.54) is 23.3 Å². The van der Waals surface area contributed by atoms with Crippen molar-refractivity contribution in [3.8, 4) is 0 Å². The minimum Gasteiger partial charge on any atom is -0.294 e. The number of allylic oxidation sites excluding steroid dienone is 2. The van der Waals surface area contributed by atoms with Gasteiger partial charge in [-0.3, -0.25) is 14.9 Å². The highest BCUT2D eigenvalue weighted by Crippen LogP contribution is 2.32. The molecule has 0 fully saturated rings. The van der Waals surface area contributed by atoms with Gasteiger partial charge in [-0.25, -0.2) is 0 Å². The molecule has 23 heavy (non-hydrogen) atoms. The maximum Gasteiger partial charge on any atom is 0.270 e. The second-order valence-electron chi connectivity index (χ2n) is 5.74. The van der Waals surface area contributed by atoms with E-state index in [0.29, 0.717) is 12.0 Å². The SMILES string of the molecule is O=C(c1cccc([N+](=O)[O-])c1)C1CC=C(c2ccccc2)CC1. The van der Waals surface area contributed by atoms with Crippen LogP contribution in [0.2, 0.25) is 0 Å². The summed E-state index contributed by atoms with van der Waals surface area (Å²) in [5.41, 5.74) is 2.87. The second-order valence-corrected chi connectivity index (χ2v) is 5.74. The number of carbonyl (C=O) groups excluding carboxylic acids is 1. The topological polar surface area (TPSA) is 60.2 Å². The monoisotopic (exact) mass is 307 g/mol. The van der Waals surface area contributed by atoms with Crippen LogP contribution in [0.1, 0.15) is 35.2 Å². The molecule has 2 aromatic carbocycles. The van der Waals surface area contributed by atoms with Crippen LogP contribution < -0.4 is 0 Å². The van der Waals surface area contributed by atoms with Gasteiger partial charge in [-0.05, 0) is 30.4 Å². The van der Waals surface area contributed by atoms with E-state index in [9.17, 15) is 14.9 Å². The molecule has 1 aliphatic rings. The molecule has 0 radical (unpaired) electrons. The number of benzene rings is 2. The first kappa shape index (κ1) is 15.2. The molecule has 2 aromatic rings. The number of nitro benzene ring substituents is 1. The molecule has 0 heterocycles. The van der Waals surface area contributed by atoms with Crippen LogP contribution >= 0.6 is 0 Å². The van der Waals surface area contributed by atoms with Crippen LogP contribution in [-0.2, 0) is 0 Å². The fraction of sp³-hybridized carbons (Fsp3) is 0.211. The van der Waals surface area contributed by atoms with E-state index in [1.54, 1.807) is 12.1 Å². The highest BCUT2D eigenvalue weighted by atomic mass is 16.6. The van der Waals surface area contributed by atoms with Gasteiger partial charge in [0.1, 0.15) is 0 Å². The predicted molar refractivity (Wildman–Crippen MR) is 89.2 cm³/mol. The molecule has 0 saturated carbocycles. The quantitative estimate of drug-likeness (QED) is 0.469. The molecule has 0 aliphatic heterocycles. The maximum atomic E-state index is 12.6. The van der Waals surface area contributed by atoms with Gasteiger partial charge in [0, 0.05) is 23.6 Å². The Balaban J connectivity index is 1.74. The summed E-state index contributed by atoms with van der Waals surface area (Å²) in [7, 11) is 0. The predicted octanol–water partition coefficient (Wildman–Crippen LogP) is 4.66. The molecule has 1 aliphatic carbocycles. The maximum absolute atomic E-state index is 12.6. The average molecular weight is 307 g/mol. The minimum atomic E-state index is -0.467. The van der Waals surface area contributed by atoms with E-state index < -0.39 is 4.92 Å². The number of nitrogens with zero attached hydrogens (tertiary/aromatic N) is 1. The Labute approximate surface area is 134 Å². The van der Waals surface area contributed by atoms with Crippen molar-refractivity contribution in [2.24, 2.45) is 5.92 Å². The fourth-order valence-corrected chi connectivity index (χ4v) is 3.00.